The second-order valence-electron chi connectivity index (χ2n) is 9.24. The monoisotopic (exact) mass is 424 g/mol. The molecule has 8 heteroatoms. The summed E-state index contributed by atoms with van der Waals surface area (Å²) < 4.78 is 1.53. The number of piperidine rings is 1. The first kappa shape index (κ1) is 20.4. The molecule has 3 unspecified atom stereocenters. The minimum absolute atomic E-state index is 0.132. The van der Waals surface area contributed by atoms with Crippen LogP contribution in [0.1, 0.15) is 75.4 Å². The Hall–Kier alpha value is -2.48. The molecular formula is C23H32N6O2. The normalized spacial score (nSPS) is 26.6. The minimum Gasteiger partial charge on any atom is -0.391 e. The van der Waals surface area contributed by atoms with E-state index in [-0.39, 0.29) is 17.6 Å². The van der Waals surface area contributed by atoms with Crippen LogP contribution in [0.25, 0.3) is 0 Å². The highest BCUT2D eigenvalue weighted by Gasteiger charge is 2.29. The average Bonchev–Trinajstić information content (AvgIpc) is 3.65. The van der Waals surface area contributed by atoms with Crippen molar-refractivity contribution < 1.29 is 5.11 Å². The molecule has 2 aromatic heterocycles. The fraction of sp³-hybridized carbons (Fsp3) is 0.652. The molecule has 2 N–H and O–H groups in total. The Balaban J connectivity index is 1.30. The molecule has 166 valence electrons. The quantitative estimate of drug-likeness (QED) is 0.736. The van der Waals surface area contributed by atoms with Crippen molar-refractivity contribution >= 4 is 11.6 Å². The zero-order valence-electron chi connectivity index (χ0n) is 18.0. The van der Waals surface area contributed by atoms with E-state index in [1.165, 1.54) is 23.9 Å². The van der Waals surface area contributed by atoms with Gasteiger partial charge in [0.1, 0.15) is 11.6 Å². The third kappa shape index (κ3) is 4.59. The van der Waals surface area contributed by atoms with Gasteiger partial charge >= 0.3 is 0 Å². The van der Waals surface area contributed by atoms with Crippen LogP contribution in [0.3, 0.4) is 0 Å². The summed E-state index contributed by atoms with van der Waals surface area (Å²) in [6, 6.07) is 7.59. The summed E-state index contributed by atoms with van der Waals surface area (Å²) in [6.07, 6.45) is 8.88. The second kappa shape index (κ2) is 8.94. The number of anilines is 2. The maximum Gasteiger partial charge on any atom is 0.267 e. The van der Waals surface area contributed by atoms with Crippen molar-refractivity contribution in [3.05, 3.63) is 40.3 Å². The molecule has 3 atom stereocenters. The largest absolute Gasteiger partial charge is 0.391 e. The van der Waals surface area contributed by atoms with Crippen LogP contribution in [0.4, 0.5) is 11.6 Å². The maximum absolute atomic E-state index is 12.5. The maximum atomic E-state index is 12.5. The van der Waals surface area contributed by atoms with Crippen molar-refractivity contribution in [2.45, 2.75) is 81.9 Å². The number of aliphatic hydroxyl groups excluding tert-OH is 1. The molecule has 2 aliphatic carbocycles. The lowest BCUT2D eigenvalue weighted by molar-refractivity contribution is 0.0669. The van der Waals surface area contributed by atoms with Crippen LogP contribution < -0.4 is 15.8 Å². The first-order chi connectivity index (χ1) is 15.2. The molecular weight excluding hydrogens is 392 g/mol. The van der Waals surface area contributed by atoms with Crippen LogP contribution in [0.2, 0.25) is 0 Å². The van der Waals surface area contributed by atoms with Gasteiger partial charge in [0, 0.05) is 31.1 Å². The zero-order valence-corrected chi connectivity index (χ0v) is 18.0. The lowest BCUT2D eigenvalue weighted by Crippen LogP contribution is -2.45. The molecule has 0 aromatic carbocycles. The molecule has 2 aromatic rings. The van der Waals surface area contributed by atoms with Crippen molar-refractivity contribution in [2.75, 3.05) is 23.3 Å². The highest BCUT2D eigenvalue weighted by atomic mass is 16.3. The third-order valence-electron chi connectivity index (χ3n) is 6.94. The Bertz CT molecular complexity index is 942. The van der Waals surface area contributed by atoms with E-state index in [0.717, 1.165) is 68.9 Å². The van der Waals surface area contributed by atoms with Crippen LogP contribution in [-0.2, 0) is 0 Å². The smallest absolute Gasteiger partial charge is 0.267 e. The van der Waals surface area contributed by atoms with Gasteiger partial charge in [0.05, 0.1) is 17.8 Å². The number of aromatic nitrogens is 4. The predicted molar refractivity (Wildman–Crippen MR) is 119 cm³/mol. The summed E-state index contributed by atoms with van der Waals surface area (Å²) in [7, 11) is 0. The zero-order chi connectivity index (χ0) is 21.2. The van der Waals surface area contributed by atoms with Gasteiger partial charge in [0.15, 0.2) is 0 Å². The van der Waals surface area contributed by atoms with Gasteiger partial charge in [-0.15, -0.1) is 5.10 Å². The molecule has 3 heterocycles. The van der Waals surface area contributed by atoms with Gasteiger partial charge in [-0.2, -0.15) is 10.2 Å². The van der Waals surface area contributed by atoms with Crippen LogP contribution in [0, 0.1) is 0 Å². The summed E-state index contributed by atoms with van der Waals surface area (Å²) in [5, 5.41) is 27.3. The molecule has 2 saturated carbocycles. The standard InChI is InChI=1S/C23H32N6O2/c30-20-7-2-1-6-19(20)29-23(31)13-12-22(27-29)28-14-4-3-5-17(28)15-24-21-11-10-18(25-26-21)16-8-9-16/h10-13,16-17,19-20,30H,1-9,14-15H2,(H,24,26). The molecule has 8 nitrogen and oxygen atoms in total. The van der Waals surface area contributed by atoms with Crippen molar-refractivity contribution in [1.29, 1.82) is 0 Å². The van der Waals surface area contributed by atoms with E-state index in [1.807, 2.05) is 12.1 Å². The summed E-state index contributed by atoms with van der Waals surface area (Å²) in [5.41, 5.74) is 0.966. The van der Waals surface area contributed by atoms with Gasteiger partial charge in [0.25, 0.3) is 5.56 Å². The van der Waals surface area contributed by atoms with Crippen molar-refractivity contribution in [3.8, 4) is 0 Å². The van der Waals surface area contributed by atoms with E-state index in [0.29, 0.717) is 5.92 Å². The number of hydrogen-bond acceptors (Lipinski definition) is 7. The summed E-state index contributed by atoms with van der Waals surface area (Å²) >= 11 is 0. The van der Waals surface area contributed by atoms with E-state index < -0.39 is 6.10 Å². The molecule has 1 saturated heterocycles. The Morgan fingerprint density at radius 3 is 2.58 bits per heavy atom. The molecule has 0 amide bonds. The van der Waals surface area contributed by atoms with Gasteiger partial charge in [-0.05, 0) is 63.1 Å². The lowest BCUT2D eigenvalue weighted by atomic mass is 9.93. The van der Waals surface area contributed by atoms with E-state index in [2.05, 4.69) is 26.5 Å². The molecule has 3 fully saturated rings. The second-order valence-corrected chi connectivity index (χ2v) is 9.24. The molecule has 0 spiro atoms. The Morgan fingerprint density at radius 1 is 0.968 bits per heavy atom. The predicted octanol–water partition coefficient (Wildman–Crippen LogP) is 2.86. The van der Waals surface area contributed by atoms with Gasteiger partial charge in [-0.1, -0.05) is 12.8 Å². The fourth-order valence-electron chi connectivity index (χ4n) is 4.95. The van der Waals surface area contributed by atoms with E-state index in [4.69, 9.17) is 5.10 Å². The van der Waals surface area contributed by atoms with Crippen LogP contribution in [0.5, 0.6) is 0 Å². The highest BCUT2D eigenvalue weighted by Crippen LogP contribution is 2.38. The fourth-order valence-corrected chi connectivity index (χ4v) is 4.95. The van der Waals surface area contributed by atoms with Gasteiger partial charge < -0.3 is 15.3 Å². The van der Waals surface area contributed by atoms with Gasteiger partial charge in [-0.25, -0.2) is 4.68 Å². The Kier molecular flexibility index (Phi) is 5.89. The molecule has 0 radical (unpaired) electrons. The number of nitrogens with one attached hydrogen (secondary N) is 1. The topological polar surface area (TPSA) is 96.2 Å². The van der Waals surface area contributed by atoms with E-state index in [1.54, 1.807) is 6.07 Å². The van der Waals surface area contributed by atoms with E-state index >= 15 is 0 Å². The minimum atomic E-state index is -0.495. The molecule has 31 heavy (non-hydrogen) atoms. The highest BCUT2D eigenvalue weighted by molar-refractivity contribution is 5.41. The van der Waals surface area contributed by atoms with Crippen molar-refractivity contribution in [3.63, 3.8) is 0 Å². The Labute approximate surface area is 182 Å². The number of aliphatic hydroxyl groups is 1. The summed E-state index contributed by atoms with van der Waals surface area (Å²) in [5.74, 6) is 2.23. The van der Waals surface area contributed by atoms with Crippen LogP contribution >= 0.6 is 0 Å². The van der Waals surface area contributed by atoms with Crippen molar-refractivity contribution in [1.82, 2.24) is 20.0 Å². The van der Waals surface area contributed by atoms with Gasteiger partial charge in [0.2, 0.25) is 0 Å². The summed E-state index contributed by atoms with van der Waals surface area (Å²) in [6.45, 7) is 1.67. The van der Waals surface area contributed by atoms with E-state index in [9.17, 15) is 9.90 Å². The lowest BCUT2D eigenvalue weighted by Gasteiger charge is -2.37. The Morgan fingerprint density at radius 2 is 1.81 bits per heavy atom. The third-order valence-corrected chi connectivity index (χ3v) is 6.94. The van der Waals surface area contributed by atoms with Crippen LogP contribution in [-0.4, -0.2) is 50.3 Å². The number of hydrogen-bond donors (Lipinski definition) is 2. The first-order valence-electron chi connectivity index (χ1n) is 11.8. The molecule has 3 aliphatic rings. The number of rotatable bonds is 6. The average molecular weight is 425 g/mol. The van der Waals surface area contributed by atoms with Crippen molar-refractivity contribution in [2.24, 2.45) is 0 Å². The molecule has 5 rings (SSSR count). The summed E-state index contributed by atoms with van der Waals surface area (Å²) in [4.78, 5) is 14.8. The first-order valence-corrected chi connectivity index (χ1v) is 11.8. The SMILES string of the molecule is O=c1ccc(N2CCCCC2CNc2ccc(C3CC3)nn2)nn1C1CCCCC1O. The molecule has 0 bridgehead atoms. The van der Waals surface area contributed by atoms with Gasteiger partial charge in [-0.3, -0.25) is 4.79 Å². The number of nitrogens with zero attached hydrogens (tertiary/aromatic N) is 5. The molecule has 1 aliphatic heterocycles. The van der Waals surface area contributed by atoms with Crippen LogP contribution in [0.15, 0.2) is 29.1 Å².